The van der Waals surface area contributed by atoms with Gasteiger partial charge in [-0.25, -0.2) is 5.43 Å². The Morgan fingerprint density at radius 1 is 0.833 bits per heavy atom. The quantitative estimate of drug-likeness (QED) is 0.415. The lowest BCUT2D eigenvalue weighted by Gasteiger charge is -2.06. The van der Waals surface area contributed by atoms with E-state index in [1.54, 1.807) is 55.5 Å². The van der Waals surface area contributed by atoms with Crippen molar-refractivity contribution in [3.05, 3.63) is 107 Å². The number of hydrazone groups is 1. The highest BCUT2D eigenvalue weighted by Gasteiger charge is 2.08. The van der Waals surface area contributed by atoms with E-state index in [1.807, 2.05) is 42.5 Å². The highest BCUT2D eigenvalue weighted by Crippen LogP contribution is 2.14. The van der Waals surface area contributed by atoms with Crippen LogP contribution in [0.25, 0.3) is 6.08 Å². The number of hydrogen-bond donors (Lipinski definition) is 2. The van der Waals surface area contributed by atoms with Gasteiger partial charge < -0.3 is 5.32 Å². The van der Waals surface area contributed by atoms with Gasteiger partial charge in [-0.2, -0.15) is 5.10 Å². The molecule has 2 N–H and O–H groups in total. The Kier molecular flexibility index (Phi) is 7.14. The minimum atomic E-state index is -0.335. The molecule has 3 rings (SSSR count). The molecule has 3 aromatic rings. The summed E-state index contributed by atoms with van der Waals surface area (Å²) in [4.78, 5) is 24.5. The predicted octanol–water partition coefficient (Wildman–Crippen LogP) is 5.41. The number of hydrogen-bond acceptors (Lipinski definition) is 3. The summed E-state index contributed by atoms with van der Waals surface area (Å²) in [6.45, 7) is 1.80. The van der Waals surface area contributed by atoms with Crippen LogP contribution in [0.4, 0.5) is 5.69 Å². The molecule has 30 heavy (non-hydrogen) atoms. The second-order valence-corrected chi connectivity index (χ2v) is 6.91. The largest absolute Gasteiger partial charge is 0.322 e. The molecule has 0 spiro atoms. The van der Waals surface area contributed by atoms with Crippen LogP contribution in [0.1, 0.15) is 33.2 Å². The van der Waals surface area contributed by atoms with E-state index in [4.69, 9.17) is 11.6 Å². The fourth-order valence-corrected chi connectivity index (χ4v) is 2.66. The van der Waals surface area contributed by atoms with E-state index in [0.29, 0.717) is 27.5 Å². The minimum Gasteiger partial charge on any atom is -0.322 e. The van der Waals surface area contributed by atoms with Crippen LogP contribution < -0.4 is 10.7 Å². The van der Waals surface area contributed by atoms with Crippen molar-refractivity contribution in [2.75, 3.05) is 5.32 Å². The standard InChI is InChI=1S/C24H20ClN3O2/c1-17(7-8-18-5-3-2-4-6-18)27-28-24(30)20-11-15-22(16-12-20)26-23(29)19-9-13-21(25)14-10-19/h2-16H,1H3,(H,26,29)(H,28,30)/b8-7+,27-17-. The molecular weight excluding hydrogens is 398 g/mol. The molecule has 0 saturated carbocycles. The van der Waals surface area contributed by atoms with E-state index in [-0.39, 0.29) is 11.8 Å². The molecule has 0 aromatic heterocycles. The van der Waals surface area contributed by atoms with Gasteiger partial charge in [0.1, 0.15) is 0 Å². The third-order valence-electron chi connectivity index (χ3n) is 4.16. The van der Waals surface area contributed by atoms with Gasteiger partial charge in [0.2, 0.25) is 0 Å². The van der Waals surface area contributed by atoms with Gasteiger partial charge >= 0.3 is 0 Å². The van der Waals surface area contributed by atoms with Crippen LogP contribution >= 0.6 is 11.6 Å². The summed E-state index contributed by atoms with van der Waals surface area (Å²) >= 11 is 5.83. The maximum absolute atomic E-state index is 12.3. The first-order valence-corrected chi connectivity index (χ1v) is 9.64. The first-order chi connectivity index (χ1) is 14.5. The summed E-state index contributed by atoms with van der Waals surface area (Å²) in [5.41, 5.74) is 5.75. The summed E-state index contributed by atoms with van der Waals surface area (Å²) in [6, 6.07) is 23.0. The topological polar surface area (TPSA) is 70.6 Å². The zero-order valence-electron chi connectivity index (χ0n) is 16.3. The van der Waals surface area contributed by atoms with Crippen LogP contribution in [0.3, 0.4) is 0 Å². The molecule has 0 unspecified atom stereocenters. The van der Waals surface area contributed by atoms with Crippen LogP contribution in [-0.4, -0.2) is 17.5 Å². The lowest BCUT2D eigenvalue weighted by Crippen LogP contribution is -2.18. The number of carbonyl (C=O) groups excluding carboxylic acids is 2. The van der Waals surface area contributed by atoms with Gasteiger partial charge in [0.15, 0.2) is 0 Å². The normalized spacial score (nSPS) is 11.3. The lowest BCUT2D eigenvalue weighted by molar-refractivity contribution is 0.0954. The summed E-state index contributed by atoms with van der Waals surface area (Å²) < 4.78 is 0. The van der Waals surface area contributed by atoms with Gasteiger partial charge in [-0.1, -0.05) is 48.0 Å². The molecule has 0 aliphatic rings. The molecule has 0 fully saturated rings. The van der Waals surface area contributed by atoms with Crippen molar-refractivity contribution < 1.29 is 9.59 Å². The molecule has 6 heteroatoms. The molecule has 3 aromatic carbocycles. The third-order valence-corrected chi connectivity index (χ3v) is 4.41. The van der Waals surface area contributed by atoms with E-state index in [9.17, 15) is 9.59 Å². The van der Waals surface area contributed by atoms with Crippen LogP contribution in [0.15, 0.2) is 90.0 Å². The van der Waals surface area contributed by atoms with Crippen molar-refractivity contribution in [3.63, 3.8) is 0 Å². The van der Waals surface area contributed by atoms with Crippen molar-refractivity contribution in [1.82, 2.24) is 5.43 Å². The molecule has 150 valence electrons. The molecule has 0 radical (unpaired) electrons. The first-order valence-electron chi connectivity index (χ1n) is 9.26. The number of allylic oxidation sites excluding steroid dienone is 1. The van der Waals surface area contributed by atoms with E-state index < -0.39 is 0 Å². The molecule has 2 amide bonds. The van der Waals surface area contributed by atoms with Crippen LogP contribution in [0.2, 0.25) is 5.02 Å². The van der Waals surface area contributed by atoms with E-state index in [2.05, 4.69) is 15.8 Å². The van der Waals surface area contributed by atoms with E-state index in [0.717, 1.165) is 5.56 Å². The maximum atomic E-state index is 12.3. The van der Waals surface area contributed by atoms with Crippen LogP contribution in [0.5, 0.6) is 0 Å². The Hall–Kier alpha value is -3.70. The number of benzene rings is 3. The number of amides is 2. The highest BCUT2D eigenvalue weighted by atomic mass is 35.5. The Morgan fingerprint density at radius 2 is 1.43 bits per heavy atom. The summed E-state index contributed by atoms with van der Waals surface area (Å²) in [5.74, 6) is -0.590. The second kappa shape index (κ2) is 10.2. The van der Waals surface area contributed by atoms with E-state index in [1.165, 1.54) is 0 Å². The first kappa shape index (κ1) is 21.0. The van der Waals surface area contributed by atoms with Crippen molar-refractivity contribution >= 4 is 40.9 Å². The molecular formula is C24H20ClN3O2. The Balaban J connectivity index is 1.56. The highest BCUT2D eigenvalue weighted by molar-refractivity contribution is 6.30. The molecule has 0 heterocycles. The van der Waals surface area contributed by atoms with E-state index >= 15 is 0 Å². The molecule has 5 nitrogen and oxygen atoms in total. The smallest absolute Gasteiger partial charge is 0.271 e. The summed E-state index contributed by atoms with van der Waals surface area (Å²) in [5, 5.41) is 7.42. The predicted molar refractivity (Wildman–Crippen MR) is 122 cm³/mol. The van der Waals surface area contributed by atoms with Gasteiger partial charge in [-0.05, 0) is 67.1 Å². The van der Waals surface area contributed by atoms with Crippen molar-refractivity contribution in [2.24, 2.45) is 5.10 Å². The van der Waals surface area contributed by atoms with Gasteiger partial charge in [0.25, 0.3) is 11.8 Å². The van der Waals surface area contributed by atoms with Gasteiger partial charge in [0, 0.05) is 21.8 Å². The molecule has 0 atom stereocenters. The average Bonchev–Trinajstić information content (AvgIpc) is 2.77. The average molecular weight is 418 g/mol. The zero-order valence-corrected chi connectivity index (χ0v) is 17.1. The molecule has 0 saturated heterocycles. The molecule has 0 aliphatic heterocycles. The fourth-order valence-electron chi connectivity index (χ4n) is 2.53. The van der Waals surface area contributed by atoms with Crippen molar-refractivity contribution in [3.8, 4) is 0 Å². The monoisotopic (exact) mass is 417 g/mol. The van der Waals surface area contributed by atoms with Crippen molar-refractivity contribution in [2.45, 2.75) is 6.92 Å². The number of halogens is 1. The van der Waals surface area contributed by atoms with Crippen LogP contribution in [-0.2, 0) is 0 Å². The van der Waals surface area contributed by atoms with Gasteiger partial charge in [-0.15, -0.1) is 0 Å². The number of anilines is 1. The Labute approximate surface area is 180 Å². The number of rotatable bonds is 6. The SMILES string of the molecule is CC(/C=C/c1ccccc1)=N/NC(=O)c1ccc(NC(=O)c2ccc(Cl)cc2)cc1. The third kappa shape index (κ3) is 6.15. The maximum Gasteiger partial charge on any atom is 0.271 e. The number of nitrogens with zero attached hydrogens (tertiary/aromatic N) is 1. The zero-order chi connectivity index (χ0) is 21.3. The van der Waals surface area contributed by atoms with Gasteiger partial charge in [-0.3, -0.25) is 9.59 Å². The molecule has 0 aliphatic carbocycles. The van der Waals surface area contributed by atoms with Gasteiger partial charge in [0.05, 0.1) is 5.71 Å². The summed E-state index contributed by atoms with van der Waals surface area (Å²) in [6.07, 6.45) is 3.74. The Morgan fingerprint density at radius 3 is 2.10 bits per heavy atom. The number of nitrogens with one attached hydrogen (secondary N) is 2. The summed E-state index contributed by atoms with van der Waals surface area (Å²) in [7, 11) is 0. The Bertz CT molecular complexity index is 1070. The second-order valence-electron chi connectivity index (χ2n) is 6.48. The minimum absolute atomic E-state index is 0.255. The van der Waals surface area contributed by atoms with Crippen LogP contribution in [0, 0.1) is 0 Å². The lowest BCUT2D eigenvalue weighted by atomic mass is 10.1. The number of carbonyl (C=O) groups is 2. The molecule has 0 bridgehead atoms. The fraction of sp³-hybridized carbons (Fsp3) is 0.0417. The van der Waals surface area contributed by atoms with Crippen molar-refractivity contribution in [1.29, 1.82) is 0 Å².